The van der Waals surface area contributed by atoms with E-state index < -0.39 is 99.1 Å². The molecule has 17 heteroatoms. The van der Waals surface area contributed by atoms with Gasteiger partial charge in [-0.15, -0.1) is 0 Å². The number of Topliss-reactive ketones (excluding diaryl/α,β-unsaturated/α-hetero) is 1. The Morgan fingerprint density at radius 3 is 1.94 bits per heavy atom. The normalized spacial score (nSPS) is 15.4. The van der Waals surface area contributed by atoms with Crippen molar-refractivity contribution in [1.29, 1.82) is 0 Å². The molecule has 0 bridgehead atoms. The van der Waals surface area contributed by atoms with E-state index in [2.05, 4.69) is 16.0 Å². The van der Waals surface area contributed by atoms with Gasteiger partial charge in [0.25, 0.3) is 17.7 Å². The number of hydrogen-bond acceptors (Lipinski definition) is 10. The molecule has 1 aromatic carbocycles. The van der Waals surface area contributed by atoms with E-state index in [1.54, 1.807) is 61.6 Å². The molecule has 1 aliphatic heterocycles. The van der Waals surface area contributed by atoms with Crippen molar-refractivity contribution in [3.05, 3.63) is 59.8 Å². The van der Waals surface area contributed by atoms with Gasteiger partial charge >= 0.3 is 5.97 Å². The highest BCUT2D eigenvalue weighted by Crippen LogP contribution is 2.37. The molecule has 1 aliphatic rings. The molecule has 2 heterocycles. The van der Waals surface area contributed by atoms with Crippen molar-refractivity contribution in [3.63, 3.8) is 0 Å². The number of fused-ring (bicyclic) bond motifs is 1. The zero-order valence-corrected chi connectivity index (χ0v) is 43.9. The molecule has 17 nitrogen and oxygen atoms in total. The van der Waals surface area contributed by atoms with E-state index >= 15 is 4.79 Å². The van der Waals surface area contributed by atoms with Crippen molar-refractivity contribution in [2.75, 3.05) is 27.2 Å². The molecule has 380 valence electrons. The predicted molar refractivity (Wildman–Crippen MR) is 264 cm³/mol. The second kappa shape index (κ2) is 22.5. The number of aromatic nitrogens is 1. The maximum absolute atomic E-state index is 15.0. The zero-order valence-electron chi connectivity index (χ0n) is 43.9. The summed E-state index contributed by atoms with van der Waals surface area (Å²) < 4.78 is 7.46. The fourth-order valence-electron chi connectivity index (χ4n) is 8.35. The highest BCUT2D eigenvalue weighted by atomic mass is 16.6. The van der Waals surface area contributed by atoms with E-state index in [4.69, 9.17) is 4.74 Å². The Labute approximate surface area is 408 Å². The van der Waals surface area contributed by atoms with Gasteiger partial charge in [0.05, 0.1) is 12.5 Å². The van der Waals surface area contributed by atoms with Gasteiger partial charge in [0.2, 0.25) is 29.4 Å². The summed E-state index contributed by atoms with van der Waals surface area (Å²) in [6.07, 6.45) is 5.58. The molecule has 3 rings (SSSR count). The number of carbonyl (C=O) groups is 9. The molecule has 3 N–H and O–H groups in total. The third-order valence-electron chi connectivity index (χ3n) is 12.2. The van der Waals surface area contributed by atoms with Crippen LogP contribution in [0.1, 0.15) is 122 Å². The standard InChI is InChI=1S/C52H77N7O10/c1-31(2)37(28-32(3)45(65)54-33(29-41(63)69-51(10,11)12)22-23-38(60)53-26-27-59-39(61)24-25-40(59)62)57(16)47(67)42(49(4,5)6)55-46(66)43(58(17)48(68)44(64)50(7,8)9)52(13,14)35-30-56(15)36-21-19-18-20-34(35)36/h18-21,24-25,28,30-31,33,37,42-43H,22-23,26-27,29H2,1-17H3,(H,53,60)(H,54,65)(H,55,66). The number of carbonyl (C=O) groups excluding carboxylic acids is 9. The van der Waals surface area contributed by atoms with E-state index in [-0.39, 0.29) is 43.8 Å². The van der Waals surface area contributed by atoms with Crippen molar-refractivity contribution in [1.82, 2.24) is 35.2 Å². The van der Waals surface area contributed by atoms with Crippen molar-refractivity contribution in [2.45, 2.75) is 151 Å². The maximum Gasteiger partial charge on any atom is 0.308 e. The van der Waals surface area contributed by atoms with Crippen LogP contribution in [-0.4, -0.2) is 129 Å². The quantitative estimate of drug-likeness (QED) is 0.0707. The second-order valence-electron chi connectivity index (χ2n) is 22.1. The fourth-order valence-corrected chi connectivity index (χ4v) is 8.35. The number of esters is 1. The lowest BCUT2D eigenvalue weighted by Crippen LogP contribution is -2.63. The molecule has 0 fully saturated rings. The molecule has 69 heavy (non-hydrogen) atoms. The average molecular weight is 960 g/mol. The predicted octanol–water partition coefficient (Wildman–Crippen LogP) is 4.90. The molecular formula is C52H77N7O10. The summed E-state index contributed by atoms with van der Waals surface area (Å²) in [6.45, 7) is 24.5. The minimum Gasteiger partial charge on any atom is -0.460 e. The molecule has 0 radical (unpaired) electrons. The van der Waals surface area contributed by atoms with Crippen molar-refractivity contribution < 1.29 is 47.9 Å². The summed E-state index contributed by atoms with van der Waals surface area (Å²) >= 11 is 0. The monoisotopic (exact) mass is 960 g/mol. The van der Waals surface area contributed by atoms with E-state index in [0.717, 1.165) is 33.5 Å². The Balaban J connectivity index is 1.93. The van der Waals surface area contributed by atoms with Gasteiger partial charge in [0.1, 0.15) is 17.7 Å². The molecule has 0 saturated carbocycles. The summed E-state index contributed by atoms with van der Waals surface area (Å²) in [6, 6.07) is 3.77. The summed E-state index contributed by atoms with van der Waals surface area (Å²) in [5.74, 6) is -5.36. The number of ether oxygens (including phenoxy) is 1. The van der Waals surface area contributed by atoms with Crippen LogP contribution < -0.4 is 16.0 Å². The largest absolute Gasteiger partial charge is 0.460 e. The number of para-hydroxylation sites is 1. The van der Waals surface area contributed by atoms with Crippen molar-refractivity contribution >= 4 is 64.0 Å². The van der Waals surface area contributed by atoms with Crippen LogP contribution in [0.15, 0.2) is 54.3 Å². The zero-order chi connectivity index (χ0) is 52.7. The first-order chi connectivity index (χ1) is 31.6. The van der Waals surface area contributed by atoms with Crippen LogP contribution >= 0.6 is 0 Å². The van der Waals surface area contributed by atoms with Gasteiger partial charge in [-0.05, 0) is 57.1 Å². The number of amides is 7. The Kier molecular flexibility index (Phi) is 18.7. The summed E-state index contributed by atoms with van der Waals surface area (Å²) in [7, 11) is 4.92. The summed E-state index contributed by atoms with van der Waals surface area (Å²) in [5, 5.41) is 9.41. The number of hydrogen-bond donors (Lipinski definition) is 3. The first-order valence-corrected chi connectivity index (χ1v) is 23.5. The van der Waals surface area contributed by atoms with Gasteiger partial charge in [0.15, 0.2) is 0 Å². The van der Waals surface area contributed by atoms with Crippen LogP contribution in [-0.2, 0) is 60.4 Å². The Hall–Kier alpha value is -6.13. The number of imide groups is 1. The lowest BCUT2D eigenvalue weighted by atomic mass is 9.75. The first kappa shape index (κ1) is 57.2. The average Bonchev–Trinajstić information content (AvgIpc) is 3.74. The van der Waals surface area contributed by atoms with Gasteiger partial charge < -0.3 is 35.1 Å². The third kappa shape index (κ3) is 14.9. The van der Waals surface area contributed by atoms with Crippen LogP contribution in [0.5, 0.6) is 0 Å². The minimum atomic E-state index is -1.26. The van der Waals surface area contributed by atoms with E-state index in [0.29, 0.717) is 0 Å². The van der Waals surface area contributed by atoms with Gasteiger partial charge in [-0.2, -0.15) is 0 Å². The number of aryl methyl sites for hydroxylation is 1. The third-order valence-corrected chi connectivity index (χ3v) is 12.2. The van der Waals surface area contributed by atoms with E-state index in [1.807, 2.05) is 90.5 Å². The lowest BCUT2D eigenvalue weighted by molar-refractivity contribution is -0.155. The van der Waals surface area contributed by atoms with Gasteiger partial charge in [-0.25, -0.2) is 0 Å². The lowest BCUT2D eigenvalue weighted by Gasteiger charge is -2.42. The number of benzene rings is 1. The number of likely N-dealkylation sites (N-methyl/N-ethyl adjacent to an activating group) is 2. The van der Waals surface area contributed by atoms with Gasteiger partial charge in [0, 0.05) is 92.4 Å². The Morgan fingerprint density at radius 2 is 1.41 bits per heavy atom. The number of ketones is 1. The molecule has 0 saturated heterocycles. The van der Waals surface area contributed by atoms with Gasteiger partial charge in [-0.3, -0.25) is 48.1 Å². The van der Waals surface area contributed by atoms with Crippen LogP contribution in [0.4, 0.5) is 0 Å². The fraction of sp³-hybridized carbons (Fsp3) is 0.596. The highest BCUT2D eigenvalue weighted by molar-refractivity contribution is 6.38. The van der Waals surface area contributed by atoms with E-state index in [1.165, 1.54) is 16.8 Å². The molecule has 7 amide bonds. The number of nitrogens with zero attached hydrogens (tertiary/aromatic N) is 4. The van der Waals surface area contributed by atoms with Crippen LogP contribution in [0.2, 0.25) is 0 Å². The maximum atomic E-state index is 15.0. The number of nitrogens with one attached hydrogen (secondary N) is 3. The van der Waals surface area contributed by atoms with Crippen molar-refractivity contribution in [2.24, 2.45) is 23.8 Å². The molecule has 0 aliphatic carbocycles. The molecule has 4 atom stereocenters. The van der Waals surface area contributed by atoms with Crippen LogP contribution in [0, 0.1) is 16.7 Å². The molecular weight excluding hydrogens is 883 g/mol. The summed E-state index contributed by atoms with van der Waals surface area (Å²) in [4.78, 5) is 125. The van der Waals surface area contributed by atoms with Crippen molar-refractivity contribution in [3.8, 4) is 0 Å². The second-order valence-corrected chi connectivity index (χ2v) is 22.1. The number of rotatable bonds is 20. The van der Waals surface area contributed by atoms with E-state index in [9.17, 15) is 38.4 Å². The topological polar surface area (TPSA) is 214 Å². The molecule has 0 spiro atoms. The molecule has 1 aromatic heterocycles. The Bertz CT molecular complexity index is 2340. The van der Waals surface area contributed by atoms with Gasteiger partial charge in [-0.1, -0.05) is 93.5 Å². The molecule has 4 unspecified atom stereocenters. The van der Waals surface area contributed by atoms with Crippen LogP contribution in [0.3, 0.4) is 0 Å². The summed E-state index contributed by atoms with van der Waals surface area (Å²) in [5.41, 5.74) is -1.93. The smallest absolute Gasteiger partial charge is 0.308 e. The minimum absolute atomic E-state index is 0.0158. The highest BCUT2D eigenvalue weighted by Gasteiger charge is 2.48. The SMILES string of the molecule is CC(=CC(C(C)C)N(C)C(=O)C(NC(=O)C(N(C)C(=O)C(=O)C(C)(C)C)C(C)(C)c1cn(C)c2ccccc12)C(C)(C)C)C(=O)NC(CCC(=O)NCCN1C(=O)C=CC1=O)CC(=O)OC(C)(C)C. The molecule has 2 aromatic rings. The Morgan fingerprint density at radius 1 is 0.826 bits per heavy atom. The first-order valence-electron chi connectivity index (χ1n) is 23.5. The van der Waals surface area contributed by atoms with Crippen LogP contribution in [0.25, 0.3) is 10.9 Å².